The number of carbonyl (C=O) groups is 2. The molecule has 1 aromatic heterocycles. The monoisotopic (exact) mass is 360 g/mol. The van der Waals surface area contributed by atoms with Crippen LogP contribution in [0.25, 0.3) is 0 Å². The van der Waals surface area contributed by atoms with Crippen molar-refractivity contribution in [2.75, 3.05) is 18.2 Å². The van der Waals surface area contributed by atoms with Gasteiger partial charge in [0.2, 0.25) is 5.91 Å². The van der Waals surface area contributed by atoms with Gasteiger partial charge in [0.25, 0.3) is 0 Å². The molecule has 1 aliphatic heterocycles. The van der Waals surface area contributed by atoms with E-state index in [1.165, 1.54) is 37.0 Å². The van der Waals surface area contributed by atoms with E-state index in [1.807, 2.05) is 21.6 Å². The van der Waals surface area contributed by atoms with Gasteiger partial charge in [0, 0.05) is 22.3 Å². The van der Waals surface area contributed by atoms with Gasteiger partial charge in [0.15, 0.2) is 10.8 Å². The van der Waals surface area contributed by atoms with Crippen molar-refractivity contribution in [1.29, 1.82) is 0 Å². The van der Waals surface area contributed by atoms with Crippen molar-refractivity contribution in [2.24, 2.45) is 0 Å². The Hall–Kier alpha value is -0.730. The SMILES string of the molecule is COC(=O)c1nc(NC(=O)CCCC[C@@H]2CCSS2)sc1C. The summed E-state index contributed by atoms with van der Waals surface area (Å²) in [5.41, 5.74) is 0.276. The molecule has 1 fully saturated rings. The van der Waals surface area contributed by atoms with Crippen LogP contribution in [0.15, 0.2) is 0 Å². The molecule has 1 saturated heterocycles. The van der Waals surface area contributed by atoms with Crippen LogP contribution in [0.3, 0.4) is 0 Å². The Morgan fingerprint density at radius 1 is 1.41 bits per heavy atom. The lowest BCUT2D eigenvalue weighted by molar-refractivity contribution is -0.116. The minimum atomic E-state index is -0.471. The molecule has 0 aromatic carbocycles. The molecule has 0 bridgehead atoms. The van der Waals surface area contributed by atoms with Crippen molar-refractivity contribution in [3.8, 4) is 0 Å². The van der Waals surface area contributed by atoms with E-state index in [1.54, 1.807) is 6.92 Å². The molecule has 1 amide bonds. The van der Waals surface area contributed by atoms with Crippen LogP contribution in [0.5, 0.6) is 0 Å². The second-order valence-electron chi connectivity index (χ2n) is 5.04. The van der Waals surface area contributed by atoms with Gasteiger partial charge in [-0.1, -0.05) is 28.0 Å². The zero-order chi connectivity index (χ0) is 15.9. The first kappa shape index (κ1) is 17.6. The first-order chi connectivity index (χ1) is 10.6. The number of anilines is 1. The van der Waals surface area contributed by atoms with Crippen LogP contribution < -0.4 is 5.32 Å². The molecule has 0 unspecified atom stereocenters. The topological polar surface area (TPSA) is 68.3 Å². The Balaban J connectivity index is 1.71. The number of hydrogen-bond donors (Lipinski definition) is 1. The number of methoxy groups -OCH3 is 1. The molecule has 2 heterocycles. The third kappa shape index (κ3) is 5.17. The van der Waals surface area contributed by atoms with Gasteiger partial charge in [0.05, 0.1) is 7.11 Å². The maximum Gasteiger partial charge on any atom is 0.357 e. The van der Waals surface area contributed by atoms with Gasteiger partial charge < -0.3 is 10.1 Å². The average molecular weight is 361 g/mol. The number of nitrogens with one attached hydrogen (secondary N) is 1. The fourth-order valence-corrected chi connectivity index (χ4v) is 5.98. The lowest BCUT2D eigenvalue weighted by atomic mass is 10.1. The molecule has 1 aliphatic rings. The van der Waals surface area contributed by atoms with E-state index in [4.69, 9.17) is 0 Å². The van der Waals surface area contributed by atoms with E-state index in [2.05, 4.69) is 15.0 Å². The van der Waals surface area contributed by atoms with E-state index >= 15 is 0 Å². The van der Waals surface area contributed by atoms with Crippen molar-refractivity contribution in [3.63, 3.8) is 0 Å². The maximum absolute atomic E-state index is 11.9. The van der Waals surface area contributed by atoms with Gasteiger partial charge in [-0.3, -0.25) is 4.79 Å². The Bertz CT molecular complexity index is 527. The number of nitrogens with zero attached hydrogens (tertiary/aromatic N) is 1. The highest BCUT2D eigenvalue weighted by molar-refractivity contribution is 8.77. The first-order valence-corrected chi connectivity index (χ1v) is 10.4. The van der Waals surface area contributed by atoms with Crippen LogP contribution in [0, 0.1) is 6.92 Å². The molecular weight excluding hydrogens is 340 g/mol. The molecule has 2 rings (SSSR count). The van der Waals surface area contributed by atoms with Crippen molar-refractivity contribution >= 4 is 49.9 Å². The smallest absolute Gasteiger partial charge is 0.357 e. The summed E-state index contributed by atoms with van der Waals surface area (Å²) in [5, 5.41) is 3.99. The number of aryl methyl sites for hydroxylation is 1. The summed E-state index contributed by atoms with van der Waals surface area (Å²) in [6.45, 7) is 1.79. The molecule has 22 heavy (non-hydrogen) atoms. The number of amides is 1. The zero-order valence-corrected chi connectivity index (χ0v) is 15.2. The van der Waals surface area contributed by atoms with Crippen molar-refractivity contribution in [2.45, 2.75) is 44.3 Å². The number of thiazole rings is 1. The first-order valence-electron chi connectivity index (χ1n) is 7.24. The average Bonchev–Trinajstić information content (AvgIpc) is 3.12. The fraction of sp³-hybridized carbons (Fsp3) is 0.643. The van der Waals surface area contributed by atoms with E-state index in [-0.39, 0.29) is 11.6 Å². The van der Waals surface area contributed by atoms with Crippen molar-refractivity contribution < 1.29 is 14.3 Å². The molecule has 5 nitrogen and oxygen atoms in total. The van der Waals surface area contributed by atoms with Crippen LogP contribution in [0.4, 0.5) is 5.13 Å². The number of esters is 1. The minimum Gasteiger partial charge on any atom is -0.464 e. The highest BCUT2D eigenvalue weighted by Crippen LogP contribution is 2.39. The van der Waals surface area contributed by atoms with Gasteiger partial charge in [-0.25, -0.2) is 9.78 Å². The van der Waals surface area contributed by atoms with Gasteiger partial charge in [0.1, 0.15) is 0 Å². The Morgan fingerprint density at radius 3 is 2.91 bits per heavy atom. The summed E-state index contributed by atoms with van der Waals surface area (Å²) < 4.78 is 4.65. The standard InChI is InChI=1S/C14H20N2O3S3/c1-9-12(13(18)19-2)16-14(21-9)15-11(17)6-4-3-5-10-7-8-20-22-10/h10H,3-8H2,1-2H3,(H,15,16,17)/t10-/m1/s1. The lowest BCUT2D eigenvalue weighted by Crippen LogP contribution is -2.11. The Labute approximate surface area is 142 Å². The largest absolute Gasteiger partial charge is 0.464 e. The van der Waals surface area contributed by atoms with E-state index in [0.29, 0.717) is 11.6 Å². The van der Waals surface area contributed by atoms with E-state index in [9.17, 15) is 9.59 Å². The molecule has 1 N–H and O–H groups in total. The van der Waals surface area contributed by atoms with Crippen molar-refractivity contribution in [3.05, 3.63) is 10.6 Å². The highest BCUT2D eigenvalue weighted by atomic mass is 33.1. The summed E-state index contributed by atoms with van der Waals surface area (Å²) in [6.07, 6.45) is 4.94. The Kier molecular flexibility index (Phi) is 7.04. The lowest BCUT2D eigenvalue weighted by Gasteiger charge is -2.06. The van der Waals surface area contributed by atoms with Crippen molar-refractivity contribution in [1.82, 2.24) is 4.98 Å². The second-order valence-corrected chi connectivity index (χ2v) is 9.03. The van der Waals surface area contributed by atoms with Crippen LogP contribution in [0.1, 0.15) is 47.5 Å². The molecule has 1 aromatic rings. The van der Waals surface area contributed by atoms with E-state index < -0.39 is 5.97 Å². The normalized spacial score (nSPS) is 17.5. The summed E-state index contributed by atoms with van der Waals surface area (Å²) in [7, 11) is 5.25. The minimum absolute atomic E-state index is 0.0429. The van der Waals surface area contributed by atoms with E-state index in [0.717, 1.165) is 23.0 Å². The second kappa shape index (κ2) is 8.79. The summed E-state index contributed by atoms with van der Waals surface area (Å²) >= 11 is 1.30. The maximum atomic E-state index is 11.9. The molecule has 1 atom stereocenters. The van der Waals surface area contributed by atoms with Crippen LogP contribution >= 0.6 is 32.9 Å². The molecule has 122 valence electrons. The van der Waals surface area contributed by atoms with Gasteiger partial charge in [-0.2, -0.15) is 0 Å². The number of rotatable bonds is 7. The molecule has 0 aliphatic carbocycles. The fourth-order valence-electron chi connectivity index (χ4n) is 2.14. The number of ether oxygens (including phenoxy) is 1. The molecule has 0 radical (unpaired) electrons. The van der Waals surface area contributed by atoms with Crippen LogP contribution in [0.2, 0.25) is 0 Å². The molecular formula is C14H20N2O3S3. The summed E-state index contributed by atoms with van der Waals surface area (Å²) in [5.74, 6) is 0.738. The molecule has 0 spiro atoms. The van der Waals surface area contributed by atoms with Crippen LogP contribution in [-0.2, 0) is 9.53 Å². The molecule has 8 heteroatoms. The summed E-state index contributed by atoms with van der Waals surface area (Å²) in [4.78, 5) is 28.2. The van der Waals surface area contributed by atoms with Gasteiger partial charge in [-0.15, -0.1) is 11.3 Å². The van der Waals surface area contributed by atoms with Gasteiger partial charge >= 0.3 is 5.97 Å². The predicted octanol–water partition coefficient (Wildman–Crippen LogP) is 3.89. The Morgan fingerprint density at radius 2 is 2.23 bits per heavy atom. The highest BCUT2D eigenvalue weighted by Gasteiger charge is 2.18. The third-order valence-electron chi connectivity index (χ3n) is 3.33. The van der Waals surface area contributed by atoms with Gasteiger partial charge in [-0.05, 0) is 26.2 Å². The third-order valence-corrected chi connectivity index (χ3v) is 7.22. The number of carbonyl (C=O) groups excluding carboxylic acids is 2. The number of hydrogen-bond acceptors (Lipinski definition) is 7. The van der Waals surface area contributed by atoms with Crippen LogP contribution in [-0.4, -0.2) is 35.0 Å². The predicted molar refractivity (Wildman–Crippen MR) is 93.7 cm³/mol. The number of aromatic nitrogens is 1. The quantitative estimate of drug-likeness (QED) is 0.452. The molecule has 0 saturated carbocycles. The summed E-state index contributed by atoms with van der Waals surface area (Å²) in [6, 6.07) is 0. The zero-order valence-electron chi connectivity index (χ0n) is 12.7. The number of unbranched alkanes of at least 4 members (excludes halogenated alkanes) is 1.